The Hall–Kier alpha value is -2.10. The molecule has 0 bridgehead atoms. The van der Waals surface area contributed by atoms with Crippen molar-refractivity contribution in [3.8, 4) is 5.75 Å². The van der Waals surface area contributed by atoms with Crippen LogP contribution in [0, 0.1) is 11.6 Å². The maximum Gasteiger partial charge on any atom is 0.208 e. The molecule has 2 nitrogen and oxygen atoms in total. The zero-order valence-corrected chi connectivity index (χ0v) is 12.0. The second-order valence-corrected chi connectivity index (χ2v) is 4.95. The van der Waals surface area contributed by atoms with E-state index in [1.165, 1.54) is 0 Å². The highest BCUT2D eigenvalue weighted by molar-refractivity contribution is 6.05. The van der Waals surface area contributed by atoms with Crippen LogP contribution in [0.25, 0.3) is 21.9 Å². The van der Waals surface area contributed by atoms with Gasteiger partial charge in [-0.1, -0.05) is 19.4 Å². The van der Waals surface area contributed by atoms with E-state index in [0.717, 1.165) is 6.42 Å². The van der Waals surface area contributed by atoms with Crippen LogP contribution in [0.1, 0.15) is 25.8 Å². The predicted molar refractivity (Wildman–Crippen MR) is 78.8 cm³/mol. The van der Waals surface area contributed by atoms with Gasteiger partial charge in [-0.2, -0.15) is 4.39 Å². The summed E-state index contributed by atoms with van der Waals surface area (Å²) in [5.41, 5.74) is 0.751. The van der Waals surface area contributed by atoms with Gasteiger partial charge in [-0.3, -0.25) is 0 Å². The highest BCUT2D eigenvalue weighted by atomic mass is 19.1. The van der Waals surface area contributed by atoms with Gasteiger partial charge in [-0.25, -0.2) is 4.39 Å². The first-order chi connectivity index (χ1) is 10.2. The largest absolute Gasteiger partial charge is 0.491 e. The molecular weight excluding hydrogens is 274 g/mol. The molecule has 3 aromatic rings. The molecule has 0 aliphatic carbocycles. The number of rotatable bonds is 4. The van der Waals surface area contributed by atoms with Crippen molar-refractivity contribution in [1.82, 2.24) is 0 Å². The topological polar surface area (TPSA) is 22.4 Å². The van der Waals surface area contributed by atoms with Gasteiger partial charge in [-0.05, 0) is 37.1 Å². The summed E-state index contributed by atoms with van der Waals surface area (Å²) in [7, 11) is 0. The van der Waals surface area contributed by atoms with E-state index in [0.29, 0.717) is 29.4 Å². The molecule has 0 aliphatic heterocycles. The fraction of sp³-hybridized carbons (Fsp3) is 0.294. The number of halogens is 2. The number of furan rings is 1. The lowest BCUT2D eigenvalue weighted by Gasteiger charge is -2.03. The highest BCUT2D eigenvalue weighted by Gasteiger charge is 2.19. The molecule has 0 radical (unpaired) electrons. The van der Waals surface area contributed by atoms with Gasteiger partial charge in [0.1, 0.15) is 0 Å². The van der Waals surface area contributed by atoms with Crippen LogP contribution in [0.5, 0.6) is 5.75 Å². The Balaban J connectivity index is 2.28. The minimum Gasteiger partial charge on any atom is -0.491 e. The van der Waals surface area contributed by atoms with Crippen molar-refractivity contribution in [2.24, 2.45) is 0 Å². The van der Waals surface area contributed by atoms with Crippen LogP contribution < -0.4 is 4.74 Å². The van der Waals surface area contributed by atoms with Crippen molar-refractivity contribution >= 4 is 21.9 Å². The first-order valence-electron chi connectivity index (χ1n) is 7.12. The molecule has 0 atom stereocenters. The quantitative estimate of drug-likeness (QED) is 0.657. The van der Waals surface area contributed by atoms with Gasteiger partial charge in [0.05, 0.1) is 6.61 Å². The summed E-state index contributed by atoms with van der Waals surface area (Å²) >= 11 is 0. The second-order valence-electron chi connectivity index (χ2n) is 4.95. The summed E-state index contributed by atoms with van der Waals surface area (Å²) in [5, 5.41) is 1.15. The summed E-state index contributed by atoms with van der Waals surface area (Å²) in [5.74, 6) is -0.858. The van der Waals surface area contributed by atoms with Gasteiger partial charge in [0.15, 0.2) is 22.7 Å². The summed E-state index contributed by atoms with van der Waals surface area (Å²) in [6.07, 6.45) is 1.47. The van der Waals surface area contributed by atoms with Crippen molar-refractivity contribution in [2.45, 2.75) is 26.7 Å². The highest BCUT2D eigenvalue weighted by Crippen LogP contribution is 2.36. The van der Waals surface area contributed by atoms with Gasteiger partial charge in [0.2, 0.25) is 5.82 Å². The number of fused-ring (bicyclic) bond motifs is 3. The number of benzene rings is 2. The lowest BCUT2D eigenvalue weighted by Crippen LogP contribution is -1.94. The number of hydrogen-bond acceptors (Lipinski definition) is 2. The van der Waals surface area contributed by atoms with Crippen LogP contribution in [-0.4, -0.2) is 6.61 Å². The van der Waals surface area contributed by atoms with E-state index in [1.807, 2.05) is 6.92 Å². The smallest absolute Gasteiger partial charge is 0.208 e. The second kappa shape index (κ2) is 5.35. The lowest BCUT2D eigenvalue weighted by atomic mass is 10.1. The van der Waals surface area contributed by atoms with Crippen molar-refractivity contribution in [1.29, 1.82) is 0 Å². The number of ether oxygens (including phenoxy) is 1. The fourth-order valence-electron chi connectivity index (χ4n) is 2.59. The Labute approximate surface area is 121 Å². The predicted octanol–water partition coefficient (Wildman–Crippen LogP) is 5.22. The SMILES string of the molecule is CCCc1ccc2c(oc3c(F)c(OCC)ccc32)c1F. The van der Waals surface area contributed by atoms with Crippen LogP contribution in [0.3, 0.4) is 0 Å². The van der Waals surface area contributed by atoms with Crippen LogP contribution in [-0.2, 0) is 6.42 Å². The molecule has 21 heavy (non-hydrogen) atoms. The zero-order chi connectivity index (χ0) is 15.0. The molecule has 1 aromatic heterocycles. The van der Waals surface area contributed by atoms with Crippen molar-refractivity contribution in [2.75, 3.05) is 6.61 Å². The van der Waals surface area contributed by atoms with E-state index in [9.17, 15) is 8.78 Å². The molecule has 4 heteroatoms. The van der Waals surface area contributed by atoms with Gasteiger partial charge in [0.25, 0.3) is 0 Å². The normalized spacial score (nSPS) is 11.4. The maximum atomic E-state index is 14.4. The van der Waals surface area contributed by atoms with Crippen LogP contribution in [0.4, 0.5) is 8.78 Å². The number of aryl methyl sites for hydroxylation is 1. The lowest BCUT2D eigenvalue weighted by molar-refractivity contribution is 0.321. The molecule has 0 saturated heterocycles. The molecular formula is C17H16F2O2. The summed E-state index contributed by atoms with van der Waals surface area (Å²) < 4.78 is 39.4. The molecule has 0 amide bonds. The first kappa shape index (κ1) is 13.9. The third-order valence-electron chi connectivity index (χ3n) is 3.55. The zero-order valence-electron chi connectivity index (χ0n) is 12.0. The third-order valence-corrected chi connectivity index (χ3v) is 3.55. The van der Waals surface area contributed by atoms with E-state index in [4.69, 9.17) is 9.15 Å². The van der Waals surface area contributed by atoms with E-state index in [-0.39, 0.29) is 16.9 Å². The molecule has 0 N–H and O–H groups in total. The molecule has 110 valence electrons. The average Bonchev–Trinajstić information content (AvgIpc) is 2.86. The Kier molecular flexibility index (Phi) is 3.53. The first-order valence-corrected chi connectivity index (χ1v) is 7.12. The monoisotopic (exact) mass is 290 g/mol. The summed E-state index contributed by atoms with van der Waals surface area (Å²) in [4.78, 5) is 0. The van der Waals surface area contributed by atoms with Crippen molar-refractivity contribution < 1.29 is 17.9 Å². The van der Waals surface area contributed by atoms with E-state index < -0.39 is 11.6 Å². The van der Waals surface area contributed by atoms with E-state index in [2.05, 4.69) is 0 Å². The van der Waals surface area contributed by atoms with E-state index in [1.54, 1.807) is 31.2 Å². The molecule has 0 spiro atoms. The van der Waals surface area contributed by atoms with Crippen LogP contribution in [0.15, 0.2) is 28.7 Å². The summed E-state index contributed by atoms with van der Waals surface area (Å²) in [6.45, 7) is 4.12. The van der Waals surface area contributed by atoms with Crippen LogP contribution in [0.2, 0.25) is 0 Å². The molecule has 2 aromatic carbocycles. The summed E-state index contributed by atoms with van der Waals surface area (Å²) in [6, 6.07) is 6.78. The van der Waals surface area contributed by atoms with Crippen molar-refractivity contribution in [3.05, 3.63) is 41.5 Å². The standard InChI is InChI=1S/C17H16F2O2/c1-3-5-10-6-7-11-12-8-9-13(20-4-2)15(19)17(12)21-16(11)14(10)18/h6-9H,3-5H2,1-2H3. The maximum absolute atomic E-state index is 14.4. The Bertz CT molecular complexity index is 739. The Morgan fingerprint density at radius 3 is 2.29 bits per heavy atom. The Morgan fingerprint density at radius 1 is 0.952 bits per heavy atom. The van der Waals surface area contributed by atoms with Gasteiger partial charge in [-0.15, -0.1) is 0 Å². The minimum atomic E-state index is -0.581. The average molecular weight is 290 g/mol. The fourth-order valence-corrected chi connectivity index (χ4v) is 2.59. The molecule has 0 unspecified atom stereocenters. The molecule has 0 saturated carbocycles. The van der Waals surface area contributed by atoms with Crippen molar-refractivity contribution in [3.63, 3.8) is 0 Å². The molecule has 3 rings (SSSR count). The van der Waals surface area contributed by atoms with Crippen LogP contribution >= 0.6 is 0 Å². The third kappa shape index (κ3) is 2.15. The van der Waals surface area contributed by atoms with E-state index >= 15 is 0 Å². The number of hydrogen-bond donors (Lipinski definition) is 0. The van der Waals surface area contributed by atoms with Gasteiger partial charge < -0.3 is 9.15 Å². The molecule has 0 fully saturated rings. The van der Waals surface area contributed by atoms with Gasteiger partial charge in [0, 0.05) is 10.8 Å². The van der Waals surface area contributed by atoms with Gasteiger partial charge >= 0.3 is 0 Å². The minimum absolute atomic E-state index is 0.0449. The molecule has 1 heterocycles. The molecule has 0 aliphatic rings. The Morgan fingerprint density at radius 2 is 1.62 bits per heavy atom.